The fourth-order valence-electron chi connectivity index (χ4n) is 4.53. The van der Waals surface area contributed by atoms with E-state index in [2.05, 4.69) is 5.10 Å². The summed E-state index contributed by atoms with van der Waals surface area (Å²) in [6, 6.07) is 2.09. The van der Waals surface area contributed by atoms with Crippen LogP contribution in [0, 0.1) is 5.41 Å². The summed E-state index contributed by atoms with van der Waals surface area (Å²) in [7, 11) is 3.75. The molecule has 6 heteroatoms. The number of carbonyl (C=O) groups excluding carboxylic acids is 1. The van der Waals surface area contributed by atoms with E-state index in [1.165, 1.54) is 6.42 Å². The molecule has 2 aliphatic carbocycles. The van der Waals surface area contributed by atoms with Crippen molar-refractivity contribution in [2.45, 2.75) is 44.8 Å². The number of hydrogen-bond donors (Lipinski definition) is 0. The van der Waals surface area contributed by atoms with Gasteiger partial charge in [-0.25, -0.2) is 0 Å². The molecule has 0 aliphatic heterocycles. The summed E-state index contributed by atoms with van der Waals surface area (Å²) in [6.45, 7) is 2.78. The molecule has 2 aromatic heterocycles. The van der Waals surface area contributed by atoms with Gasteiger partial charge in [-0.05, 0) is 32.3 Å². The molecule has 0 bridgehead atoms. The summed E-state index contributed by atoms with van der Waals surface area (Å²) in [5.74, 6) is 0.0236. The second-order valence-corrected chi connectivity index (χ2v) is 7.28. The van der Waals surface area contributed by atoms with Gasteiger partial charge >= 0.3 is 0 Å². The van der Waals surface area contributed by atoms with Crippen molar-refractivity contribution in [1.29, 1.82) is 0 Å². The van der Waals surface area contributed by atoms with Crippen LogP contribution in [-0.2, 0) is 11.8 Å². The lowest BCUT2D eigenvalue weighted by Gasteiger charge is -2.63. The van der Waals surface area contributed by atoms with Crippen LogP contribution in [0.25, 0.3) is 11.3 Å². The Hall–Kier alpha value is -2.08. The first-order valence-corrected chi connectivity index (χ1v) is 9.02. The van der Waals surface area contributed by atoms with E-state index < -0.39 is 0 Å². The van der Waals surface area contributed by atoms with Crippen molar-refractivity contribution >= 4 is 5.91 Å². The average molecular weight is 343 g/mol. The molecule has 0 radical (unpaired) electrons. The Morgan fingerprint density at radius 2 is 2.32 bits per heavy atom. The molecule has 2 heterocycles. The van der Waals surface area contributed by atoms with Gasteiger partial charge in [-0.15, -0.1) is 0 Å². The minimum Gasteiger partial charge on any atom is -0.472 e. The predicted octanol–water partition coefficient (Wildman–Crippen LogP) is 3.10. The molecule has 2 aromatic rings. The Kier molecular flexibility index (Phi) is 3.95. The molecule has 2 saturated carbocycles. The van der Waals surface area contributed by atoms with Crippen LogP contribution in [0.2, 0.25) is 0 Å². The van der Waals surface area contributed by atoms with Crippen molar-refractivity contribution in [1.82, 2.24) is 14.7 Å². The number of aryl methyl sites for hydroxylation is 1. The maximum absolute atomic E-state index is 13.2. The monoisotopic (exact) mass is 343 g/mol. The fourth-order valence-corrected chi connectivity index (χ4v) is 4.53. The van der Waals surface area contributed by atoms with E-state index in [0.717, 1.165) is 31.4 Å². The van der Waals surface area contributed by atoms with E-state index in [4.69, 9.17) is 9.15 Å². The molecule has 1 amide bonds. The minimum absolute atomic E-state index is 0.0236. The summed E-state index contributed by atoms with van der Waals surface area (Å²) in [5.41, 5.74) is 2.30. The largest absolute Gasteiger partial charge is 0.472 e. The number of rotatable bonds is 5. The number of furan rings is 1. The van der Waals surface area contributed by atoms with E-state index in [1.807, 2.05) is 32.0 Å². The molecule has 0 aromatic carbocycles. The lowest BCUT2D eigenvalue weighted by Crippen LogP contribution is -2.67. The summed E-state index contributed by atoms with van der Waals surface area (Å²) in [4.78, 5) is 15.1. The van der Waals surface area contributed by atoms with Crippen molar-refractivity contribution in [3.8, 4) is 11.3 Å². The van der Waals surface area contributed by atoms with Crippen LogP contribution >= 0.6 is 0 Å². The lowest BCUT2D eigenvalue weighted by molar-refractivity contribution is -0.192. The summed E-state index contributed by atoms with van der Waals surface area (Å²) in [5, 5.41) is 4.46. The number of ether oxygens (including phenoxy) is 1. The molecule has 2 aliphatic rings. The van der Waals surface area contributed by atoms with Gasteiger partial charge in [0.05, 0.1) is 24.2 Å². The maximum atomic E-state index is 13.2. The highest BCUT2D eigenvalue weighted by Gasteiger charge is 2.61. The SMILES string of the molecule is CCO[C@@H]1C[C@@H](N(C)C(=O)c2cn(C)nc2-c2ccoc2)C12CCC2. The standard InChI is InChI=1S/C19H25N3O3/c1-4-25-16-10-15(19(16)7-5-8-19)22(3)18(23)14-11-21(2)20-17(14)13-6-9-24-12-13/h6,9,11-12,15-16H,4-5,7-8,10H2,1-3H3/t15-,16-/m1/s1. The molecule has 4 rings (SSSR count). The van der Waals surface area contributed by atoms with Crippen LogP contribution in [0.4, 0.5) is 0 Å². The normalized spacial score (nSPS) is 24.0. The molecule has 2 atom stereocenters. The van der Waals surface area contributed by atoms with Crippen LogP contribution < -0.4 is 0 Å². The van der Waals surface area contributed by atoms with Crippen LogP contribution in [0.1, 0.15) is 43.0 Å². The van der Waals surface area contributed by atoms with Crippen molar-refractivity contribution in [2.75, 3.05) is 13.7 Å². The minimum atomic E-state index is 0.0236. The molecular weight excluding hydrogens is 318 g/mol. The second kappa shape index (κ2) is 6.02. The van der Waals surface area contributed by atoms with Crippen molar-refractivity contribution < 1.29 is 13.9 Å². The van der Waals surface area contributed by atoms with Gasteiger partial charge in [-0.1, -0.05) is 6.42 Å². The topological polar surface area (TPSA) is 60.5 Å². The molecule has 0 N–H and O–H groups in total. The zero-order valence-corrected chi connectivity index (χ0v) is 15.1. The smallest absolute Gasteiger partial charge is 0.257 e. The molecular formula is C19H25N3O3. The van der Waals surface area contributed by atoms with Crippen LogP contribution in [-0.4, -0.2) is 46.4 Å². The third-order valence-corrected chi connectivity index (χ3v) is 6.04. The van der Waals surface area contributed by atoms with E-state index in [9.17, 15) is 4.79 Å². The Bertz CT molecular complexity index is 761. The van der Waals surface area contributed by atoms with Gasteiger partial charge in [0, 0.05) is 43.9 Å². The van der Waals surface area contributed by atoms with Crippen molar-refractivity contribution in [3.63, 3.8) is 0 Å². The average Bonchev–Trinajstić information content (AvgIpc) is 3.17. The van der Waals surface area contributed by atoms with Gasteiger partial charge in [-0.2, -0.15) is 5.10 Å². The number of nitrogens with zero attached hydrogens (tertiary/aromatic N) is 3. The van der Waals surface area contributed by atoms with E-state index >= 15 is 0 Å². The zero-order chi connectivity index (χ0) is 17.6. The van der Waals surface area contributed by atoms with Gasteiger partial charge in [0.2, 0.25) is 0 Å². The van der Waals surface area contributed by atoms with E-state index in [-0.39, 0.29) is 17.4 Å². The first kappa shape index (κ1) is 16.4. The number of aromatic nitrogens is 2. The third-order valence-electron chi connectivity index (χ3n) is 6.04. The Morgan fingerprint density at radius 3 is 2.92 bits per heavy atom. The number of hydrogen-bond acceptors (Lipinski definition) is 4. The Balaban J connectivity index is 1.58. The Morgan fingerprint density at radius 1 is 1.52 bits per heavy atom. The zero-order valence-electron chi connectivity index (χ0n) is 15.1. The van der Waals surface area contributed by atoms with Crippen LogP contribution in [0.3, 0.4) is 0 Å². The van der Waals surface area contributed by atoms with Gasteiger partial charge < -0.3 is 14.1 Å². The number of carbonyl (C=O) groups is 1. The summed E-state index contributed by atoms with van der Waals surface area (Å²) < 4.78 is 12.8. The third kappa shape index (κ3) is 2.42. The second-order valence-electron chi connectivity index (χ2n) is 7.28. The van der Waals surface area contributed by atoms with Gasteiger partial charge in [0.15, 0.2) is 0 Å². The molecule has 2 fully saturated rings. The molecule has 134 valence electrons. The molecule has 1 spiro atoms. The van der Waals surface area contributed by atoms with E-state index in [0.29, 0.717) is 17.4 Å². The highest BCUT2D eigenvalue weighted by Crippen LogP contribution is 2.59. The molecule has 25 heavy (non-hydrogen) atoms. The number of amides is 1. The van der Waals surface area contributed by atoms with Gasteiger partial charge in [-0.3, -0.25) is 9.48 Å². The van der Waals surface area contributed by atoms with Crippen molar-refractivity contribution in [3.05, 3.63) is 30.4 Å². The highest BCUT2D eigenvalue weighted by molar-refractivity contribution is 5.99. The van der Waals surface area contributed by atoms with Gasteiger partial charge in [0.1, 0.15) is 5.69 Å². The maximum Gasteiger partial charge on any atom is 0.257 e. The quantitative estimate of drug-likeness (QED) is 0.837. The lowest BCUT2D eigenvalue weighted by atomic mass is 9.50. The predicted molar refractivity (Wildman–Crippen MR) is 93.1 cm³/mol. The summed E-state index contributed by atoms with van der Waals surface area (Å²) in [6.07, 6.45) is 9.79. The first-order valence-electron chi connectivity index (χ1n) is 9.02. The molecule has 6 nitrogen and oxygen atoms in total. The molecule has 0 unspecified atom stereocenters. The van der Waals surface area contributed by atoms with Crippen LogP contribution in [0.5, 0.6) is 0 Å². The van der Waals surface area contributed by atoms with Crippen LogP contribution in [0.15, 0.2) is 29.2 Å². The fraction of sp³-hybridized carbons (Fsp3) is 0.579. The highest BCUT2D eigenvalue weighted by atomic mass is 16.5. The Labute approximate surface area is 147 Å². The van der Waals surface area contributed by atoms with E-state index in [1.54, 1.807) is 23.4 Å². The van der Waals surface area contributed by atoms with Crippen molar-refractivity contribution in [2.24, 2.45) is 12.5 Å². The molecule has 0 saturated heterocycles. The first-order chi connectivity index (χ1) is 12.1. The summed E-state index contributed by atoms with van der Waals surface area (Å²) >= 11 is 0. The van der Waals surface area contributed by atoms with Gasteiger partial charge in [0.25, 0.3) is 5.91 Å².